The molecule has 6 heteroatoms. The Labute approximate surface area is 138 Å². The Morgan fingerprint density at radius 2 is 1.87 bits per heavy atom. The third-order valence-electron chi connectivity index (χ3n) is 3.19. The minimum Gasteiger partial charge on any atom is -0.207 e. The van der Waals surface area contributed by atoms with Crippen LogP contribution in [0.25, 0.3) is 0 Å². The van der Waals surface area contributed by atoms with Crippen molar-refractivity contribution in [3.05, 3.63) is 77.4 Å². The molecule has 1 aromatic heterocycles. The number of aryl methyl sites for hydroxylation is 1. The summed E-state index contributed by atoms with van der Waals surface area (Å²) in [5, 5.41) is 13.0. The summed E-state index contributed by atoms with van der Waals surface area (Å²) >= 11 is 1.57. The van der Waals surface area contributed by atoms with E-state index in [1.54, 1.807) is 41.1 Å². The molecule has 1 heterocycles. The maximum Gasteiger partial charge on any atom is 0.212 e. The van der Waals surface area contributed by atoms with Gasteiger partial charge < -0.3 is 0 Å². The van der Waals surface area contributed by atoms with E-state index in [1.165, 1.54) is 23.3 Å². The molecule has 0 bridgehead atoms. The summed E-state index contributed by atoms with van der Waals surface area (Å²) in [5.74, 6) is 0.534. The SMILES string of the molecule is Cc1ccc(CSc2nncn2N=Cc2ccc(F)cc2)cc1. The molecule has 0 saturated heterocycles. The average molecular weight is 326 g/mol. The van der Waals surface area contributed by atoms with Crippen molar-refractivity contribution in [2.75, 3.05) is 0 Å². The second-order valence-corrected chi connectivity index (χ2v) is 5.97. The zero-order chi connectivity index (χ0) is 16.1. The summed E-state index contributed by atoms with van der Waals surface area (Å²) in [6.07, 6.45) is 3.20. The Morgan fingerprint density at radius 3 is 2.61 bits per heavy atom. The summed E-state index contributed by atoms with van der Waals surface area (Å²) < 4.78 is 14.5. The smallest absolute Gasteiger partial charge is 0.207 e. The van der Waals surface area contributed by atoms with Gasteiger partial charge in [-0.15, -0.1) is 10.2 Å². The number of hydrogen-bond acceptors (Lipinski definition) is 4. The van der Waals surface area contributed by atoms with E-state index in [0.717, 1.165) is 11.3 Å². The monoisotopic (exact) mass is 326 g/mol. The predicted octanol–water partition coefficient (Wildman–Crippen LogP) is 3.90. The lowest BCUT2D eigenvalue weighted by molar-refractivity contribution is 0.628. The maximum atomic E-state index is 12.9. The highest BCUT2D eigenvalue weighted by molar-refractivity contribution is 7.98. The lowest BCUT2D eigenvalue weighted by Gasteiger charge is -2.02. The third kappa shape index (κ3) is 4.26. The van der Waals surface area contributed by atoms with Gasteiger partial charge in [0.2, 0.25) is 5.16 Å². The molecule has 0 atom stereocenters. The molecule has 0 saturated carbocycles. The second kappa shape index (κ2) is 7.19. The topological polar surface area (TPSA) is 43.1 Å². The van der Waals surface area contributed by atoms with Crippen LogP contribution in [0.15, 0.2) is 65.1 Å². The van der Waals surface area contributed by atoms with E-state index in [4.69, 9.17) is 0 Å². The molecule has 0 N–H and O–H groups in total. The molecule has 4 nitrogen and oxygen atoms in total. The molecule has 0 radical (unpaired) electrons. The van der Waals surface area contributed by atoms with Crippen molar-refractivity contribution in [2.24, 2.45) is 5.10 Å². The van der Waals surface area contributed by atoms with E-state index in [-0.39, 0.29) is 5.82 Å². The highest BCUT2D eigenvalue weighted by Crippen LogP contribution is 2.20. The molecule has 0 spiro atoms. The summed E-state index contributed by atoms with van der Waals surface area (Å²) in [4.78, 5) is 0. The van der Waals surface area contributed by atoms with Crippen LogP contribution in [-0.4, -0.2) is 21.1 Å². The van der Waals surface area contributed by atoms with Crippen LogP contribution >= 0.6 is 11.8 Å². The predicted molar refractivity (Wildman–Crippen MR) is 90.2 cm³/mol. The highest BCUT2D eigenvalue weighted by atomic mass is 32.2. The number of benzene rings is 2. The van der Waals surface area contributed by atoms with Gasteiger partial charge in [0.15, 0.2) is 0 Å². The Hall–Kier alpha value is -2.47. The number of aromatic nitrogens is 3. The van der Waals surface area contributed by atoms with Crippen LogP contribution < -0.4 is 0 Å². The number of thioether (sulfide) groups is 1. The van der Waals surface area contributed by atoms with Crippen molar-refractivity contribution in [1.29, 1.82) is 0 Å². The van der Waals surface area contributed by atoms with Crippen LogP contribution in [0.2, 0.25) is 0 Å². The van der Waals surface area contributed by atoms with Gasteiger partial charge in [0.25, 0.3) is 0 Å². The fraction of sp³-hybridized carbons (Fsp3) is 0.118. The number of nitrogens with zero attached hydrogens (tertiary/aromatic N) is 4. The van der Waals surface area contributed by atoms with Gasteiger partial charge in [-0.2, -0.15) is 9.78 Å². The van der Waals surface area contributed by atoms with Gasteiger partial charge in [-0.3, -0.25) is 0 Å². The first kappa shape index (κ1) is 15.4. The molecule has 0 aliphatic carbocycles. The van der Waals surface area contributed by atoms with Gasteiger partial charge in [0, 0.05) is 5.75 Å². The van der Waals surface area contributed by atoms with Crippen molar-refractivity contribution in [2.45, 2.75) is 17.8 Å². The standard InChI is InChI=1S/C17H15FN4S/c1-13-2-4-15(5-3-13)11-23-17-21-19-12-22(17)20-10-14-6-8-16(18)9-7-14/h2-10,12H,11H2,1H3. The fourth-order valence-corrected chi connectivity index (χ4v) is 2.72. The Balaban J connectivity index is 1.67. The van der Waals surface area contributed by atoms with Crippen molar-refractivity contribution in [3.63, 3.8) is 0 Å². The van der Waals surface area contributed by atoms with E-state index in [9.17, 15) is 4.39 Å². The van der Waals surface area contributed by atoms with Crippen LogP contribution in [-0.2, 0) is 5.75 Å². The molecule has 3 aromatic rings. The van der Waals surface area contributed by atoms with Gasteiger partial charge >= 0.3 is 0 Å². The third-order valence-corrected chi connectivity index (χ3v) is 4.19. The normalized spacial score (nSPS) is 11.2. The number of hydrogen-bond donors (Lipinski definition) is 0. The molecular formula is C17H15FN4S. The Morgan fingerprint density at radius 1 is 1.13 bits per heavy atom. The molecule has 2 aromatic carbocycles. The van der Waals surface area contributed by atoms with Crippen LogP contribution in [0.1, 0.15) is 16.7 Å². The summed E-state index contributed by atoms with van der Waals surface area (Å²) in [6, 6.07) is 14.5. The van der Waals surface area contributed by atoms with Crippen molar-refractivity contribution < 1.29 is 4.39 Å². The number of rotatable bonds is 5. The zero-order valence-corrected chi connectivity index (χ0v) is 13.4. The lowest BCUT2D eigenvalue weighted by Crippen LogP contribution is -1.93. The fourth-order valence-electron chi connectivity index (χ4n) is 1.90. The molecule has 0 fully saturated rings. The quantitative estimate of drug-likeness (QED) is 0.527. The maximum absolute atomic E-state index is 12.9. The van der Waals surface area contributed by atoms with E-state index >= 15 is 0 Å². The molecule has 0 aliphatic heterocycles. The Bertz CT molecular complexity index is 794. The van der Waals surface area contributed by atoms with E-state index < -0.39 is 0 Å². The van der Waals surface area contributed by atoms with E-state index in [0.29, 0.717) is 5.16 Å². The van der Waals surface area contributed by atoms with Gasteiger partial charge in [-0.25, -0.2) is 4.39 Å². The van der Waals surface area contributed by atoms with E-state index in [1.807, 2.05) is 0 Å². The summed E-state index contributed by atoms with van der Waals surface area (Å²) in [6.45, 7) is 2.07. The zero-order valence-electron chi connectivity index (χ0n) is 12.6. The first-order valence-corrected chi connectivity index (χ1v) is 8.07. The first-order chi connectivity index (χ1) is 11.2. The van der Waals surface area contributed by atoms with Crippen LogP contribution in [0, 0.1) is 12.7 Å². The van der Waals surface area contributed by atoms with Gasteiger partial charge in [-0.05, 0) is 30.2 Å². The molecule has 0 aliphatic rings. The van der Waals surface area contributed by atoms with Crippen molar-refractivity contribution in [3.8, 4) is 0 Å². The molecule has 23 heavy (non-hydrogen) atoms. The summed E-state index contributed by atoms with van der Waals surface area (Å²) in [5.41, 5.74) is 3.28. The van der Waals surface area contributed by atoms with E-state index in [2.05, 4.69) is 46.5 Å². The molecule has 0 amide bonds. The minimum atomic E-state index is -0.263. The van der Waals surface area contributed by atoms with Crippen molar-refractivity contribution in [1.82, 2.24) is 14.9 Å². The summed E-state index contributed by atoms with van der Waals surface area (Å²) in [7, 11) is 0. The van der Waals surface area contributed by atoms with Crippen molar-refractivity contribution >= 4 is 18.0 Å². The molecule has 0 unspecified atom stereocenters. The molecule has 3 rings (SSSR count). The first-order valence-electron chi connectivity index (χ1n) is 7.09. The van der Waals surface area contributed by atoms with Gasteiger partial charge in [-0.1, -0.05) is 53.7 Å². The largest absolute Gasteiger partial charge is 0.212 e. The molecule has 116 valence electrons. The van der Waals surface area contributed by atoms with Gasteiger partial charge in [0.1, 0.15) is 12.1 Å². The second-order valence-electron chi connectivity index (χ2n) is 5.03. The average Bonchev–Trinajstić information content (AvgIpc) is 3.01. The van der Waals surface area contributed by atoms with Crippen LogP contribution in [0.4, 0.5) is 4.39 Å². The highest BCUT2D eigenvalue weighted by Gasteiger charge is 2.04. The molecular weight excluding hydrogens is 311 g/mol. The Kier molecular flexibility index (Phi) is 4.83. The lowest BCUT2D eigenvalue weighted by atomic mass is 10.2. The van der Waals surface area contributed by atoms with Crippen LogP contribution in [0.5, 0.6) is 0 Å². The number of halogens is 1. The van der Waals surface area contributed by atoms with Crippen LogP contribution in [0.3, 0.4) is 0 Å². The minimum absolute atomic E-state index is 0.263. The van der Waals surface area contributed by atoms with Gasteiger partial charge in [0.05, 0.1) is 6.21 Å².